The van der Waals surface area contributed by atoms with Crippen LogP contribution in [0.25, 0.3) is 0 Å². The van der Waals surface area contributed by atoms with Gasteiger partial charge in [0.15, 0.2) is 0 Å². The van der Waals surface area contributed by atoms with Gasteiger partial charge in [-0.05, 0) is 50.2 Å². The number of rotatable bonds is 7. The van der Waals surface area contributed by atoms with Crippen LogP contribution in [-0.2, 0) is 4.79 Å². The zero-order valence-electron chi connectivity index (χ0n) is 17.1. The molecule has 3 aromatic carbocycles. The minimum Gasteiger partial charge on any atom is -0.357 e. The van der Waals surface area contributed by atoms with E-state index in [4.69, 9.17) is 0 Å². The number of likely N-dealkylation sites (N-methyl/N-ethyl adjacent to an activating group) is 1. The van der Waals surface area contributed by atoms with Gasteiger partial charge in [-0.1, -0.05) is 66.0 Å². The minimum atomic E-state index is -1.04. The maximum absolute atomic E-state index is 13.4. The molecule has 0 unspecified atom stereocenters. The third kappa shape index (κ3) is 5.46. The van der Waals surface area contributed by atoms with Crippen LogP contribution in [0.5, 0.6) is 0 Å². The zero-order valence-corrected chi connectivity index (χ0v) is 18.8. The predicted molar refractivity (Wildman–Crippen MR) is 123 cm³/mol. The molecule has 0 aliphatic carbocycles. The van der Waals surface area contributed by atoms with Crippen molar-refractivity contribution in [2.45, 2.75) is 39.0 Å². The Bertz CT molecular complexity index is 962. The lowest BCUT2D eigenvalue weighted by molar-refractivity contribution is -0.125. The van der Waals surface area contributed by atoms with Gasteiger partial charge in [0.1, 0.15) is 5.54 Å². The summed E-state index contributed by atoms with van der Waals surface area (Å²) in [4.78, 5) is 29.4. The number of carbonyl (C=O) groups is 2. The van der Waals surface area contributed by atoms with Gasteiger partial charge in [0, 0.05) is 26.6 Å². The molecular formula is C24H24N2O2S2. The van der Waals surface area contributed by atoms with Crippen molar-refractivity contribution < 1.29 is 9.59 Å². The summed E-state index contributed by atoms with van der Waals surface area (Å²) in [5.74, 6) is -0.526. The highest BCUT2D eigenvalue weighted by atomic mass is 32.2. The predicted octanol–water partition coefficient (Wildman–Crippen LogP) is 5.24. The summed E-state index contributed by atoms with van der Waals surface area (Å²) in [5, 5.41) is 5.50. The fraction of sp³-hybridized carbons (Fsp3) is 0.167. The average molecular weight is 437 g/mol. The molecule has 0 bridgehead atoms. The van der Waals surface area contributed by atoms with Gasteiger partial charge in [-0.25, -0.2) is 0 Å². The highest BCUT2D eigenvalue weighted by Crippen LogP contribution is 2.38. The van der Waals surface area contributed by atoms with E-state index >= 15 is 0 Å². The van der Waals surface area contributed by atoms with Gasteiger partial charge >= 0.3 is 0 Å². The Hall–Kier alpha value is -2.70. The Balaban J connectivity index is 2.01. The van der Waals surface area contributed by atoms with Gasteiger partial charge in [0.05, 0.1) is 5.56 Å². The molecule has 0 radical (unpaired) electrons. The van der Waals surface area contributed by atoms with Crippen LogP contribution in [0.15, 0.2) is 98.4 Å². The molecule has 0 saturated carbocycles. The molecule has 2 N–H and O–H groups in total. The molecule has 6 heteroatoms. The first kappa shape index (κ1) is 22.0. The maximum atomic E-state index is 13.4. The third-order valence-electron chi connectivity index (χ3n) is 4.38. The summed E-state index contributed by atoms with van der Waals surface area (Å²) in [6.07, 6.45) is 0. The Labute approximate surface area is 185 Å². The molecule has 0 fully saturated rings. The number of benzene rings is 3. The molecule has 4 nitrogen and oxygen atoms in total. The van der Waals surface area contributed by atoms with E-state index in [9.17, 15) is 9.59 Å². The van der Waals surface area contributed by atoms with E-state index in [1.54, 1.807) is 20.9 Å². The lowest BCUT2D eigenvalue weighted by atomic mass is 10.0. The summed E-state index contributed by atoms with van der Waals surface area (Å²) in [7, 11) is 1.56. The monoisotopic (exact) mass is 436 g/mol. The van der Waals surface area contributed by atoms with Gasteiger partial charge in [0.25, 0.3) is 5.91 Å². The third-order valence-corrected chi connectivity index (χ3v) is 6.51. The van der Waals surface area contributed by atoms with Crippen molar-refractivity contribution in [2.75, 3.05) is 7.05 Å². The van der Waals surface area contributed by atoms with Gasteiger partial charge < -0.3 is 10.6 Å². The van der Waals surface area contributed by atoms with E-state index in [0.29, 0.717) is 5.56 Å². The topological polar surface area (TPSA) is 58.2 Å². The lowest BCUT2D eigenvalue weighted by Crippen LogP contribution is -2.54. The quantitative estimate of drug-likeness (QED) is 0.532. The van der Waals surface area contributed by atoms with Crippen LogP contribution < -0.4 is 10.6 Å². The molecule has 154 valence electrons. The molecule has 0 heterocycles. The van der Waals surface area contributed by atoms with Crippen LogP contribution >= 0.6 is 23.5 Å². The van der Waals surface area contributed by atoms with Crippen molar-refractivity contribution in [3.63, 3.8) is 0 Å². The second kappa shape index (κ2) is 9.87. The molecule has 2 amide bonds. The standard InChI is InChI=1S/C24H24N2O2S2/c1-24(2,23(28)25-3)26-22(27)21-19(29-17-11-6-4-7-12-17)15-10-16-20(21)30-18-13-8-5-9-14-18/h4-16H,1-3H3,(H,25,28)(H,26,27). The van der Waals surface area contributed by atoms with Crippen molar-refractivity contribution in [3.05, 3.63) is 84.4 Å². The number of hydrogen-bond acceptors (Lipinski definition) is 4. The first-order valence-corrected chi connectivity index (χ1v) is 11.2. The summed E-state index contributed by atoms with van der Waals surface area (Å²) in [5.41, 5.74) is -0.470. The number of amides is 2. The summed E-state index contributed by atoms with van der Waals surface area (Å²) < 4.78 is 0. The zero-order chi connectivity index (χ0) is 21.6. The molecule has 3 rings (SSSR count). The fourth-order valence-electron chi connectivity index (χ4n) is 2.85. The molecule has 0 aliphatic heterocycles. The highest BCUT2D eigenvalue weighted by Gasteiger charge is 2.30. The summed E-state index contributed by atoms with van der Waals surface area (Å²) in [6.45, 7) is 3.39. The molecule has 0 aromatic heterocycles. The summed E-state index contributed by atoms with van der Waals surface area (Å²) >= 11 is 3.07. The molecule has 0 atom stereocenters. The SMILES string of the molecule is CNC(=O)C(C)(C)NC(=O)c1c(Sc2ccccc2)cccc1Sc1ccccc1. The van der Waals surface area contributed by atoms with Gasteiger partial charge in [0.2, 0.25) is 5.91 Å². The Morgan fingerprint density at radius 1 is 0.733 bits per heavy atom. The Kier molecular flexibility index (Phi) is 7.24. The second-order valence-corrected chi connectivity index (χ2v) is 9.35. The smallest absolute Gasteiger partial charge is 0.254 e. The number of hydrogen-bond donors (Lipinski definition) is 2. The largest absolute Gasteiger partial charge is 0.357 e. The van der Waals surface area contributed by atoms with Gasteiger partial charge in [-0.2, -0.15) is 0 Å². The molecule has 0 spiro atoms. The van der Waals surface area contributed by atoms with Crippen LogP contribution in [-0.4, -0.2) is 24.4 Å². The highest BCUT2D eigenvalue weighted by molar-refractivity contribution is 8.00. The second-order valence-electron chi connectivity index (χ2n) is 7.12. The lowest BCUT2D eigenvalue weighted by Gasteiger charge is -2.25. The first-order chi connectivity index (χ1) is 14.4. The average Bonchev–Trinajstić information content (AvgIpc) is 2.74. The first-order valence-electron chi connectivity index (χ1n) is 9.54. The minimum absolute atomic E-state index is 0.249. The molecule has 0 aliphatic rings. The van der Waals surface area contributed by atoms with Gasteiger partial charge in [-0.15, -0.1) is 0 Å². The van der Waals surface area contributed by atoms with Crippen LogP contribution in [0.1, 0.15) is 24.2 Å². The van der Waals surface area contributed by atoms with E-state index in [0.717, 1.165) is 19.6 Å². The van der Waals surface area contributed by atoms with E-state index in [-0.39, 0.29) is 11.8 Å². The molecular weight excluding hydrogens is 412 g/mol. The van der Waals surface area contributed by atoms with Crippen LogP contribution in [0.2, 0.25) is 0 Å². The van der Waals surface area contributed by atoms with Gasteiger partial charge in [-0.3, -0.25) is 9.59 Å². The molecule has 0 saturated heterocycles. The Morgan fingerprint density at radius 2 is 1.20 bits per heavy atom. The van der Waals surface area contributed by atoms with E-state index in [2.05, 4.69) is 10.6 Å². The van der Waals surface area contributed by atoms with Crippen molar-refractivity contribution in [2.24, 2.45) is 0 Å². The van der Waals surface area contributed by atoms with Crippen molar-refractivity contribution in [3.8, 4) is 0 Å². The maximum Gasteiger partial charge on any atom is 0.254 e. The molecule has 30 heavy (non-hydrogen) atoms. The van der Waals surface area contributed by atoms with Crippen molar-refractivity contribution >= 4 is 35.3 Å². The van der Waals surface area contributed by atoms with E-state index < -0.39 is 5.54 Å². The van der Waals surface area contributed by atoms with Crippen LogP contribution in [0, 0.1) is 0 Å². The molecule has 3 aromatic rings. The van der Waals surface area contributed by atoms with Crippen molar-refractivity contribution in [1.29, 1.82) is 0 Å². The number of carbonyl (C=O) groups excluding carboxylic acids is 2. The van der Waals surface area contributed by atoms with Crippen LogP contribution in [0.4, 0.5) is 0 Å². The van der Waals surface area contributed by atoms with Crippen molar-refractivity contribution in [1.82, 2.24) is 10.6 Å². The normalized spacial score (nSPS) is 11.0. The summed E-state index contributed by atoms with van der Waals surface area (Å²) in [6, 6.07) is 25.7. The Morgan fingerprint density at radius 3 is 1.63 bits per heavy atom. The van der Waals surface area contributed by atoms with Crippen LogP contribution in [0.3, 0.4) is 0 Å². The fourth-order valence-corrected chi connectivity index (χ4v) is 4.91. The number of nitrogens with one attached hydrogen (secondary N) is 2. The van der Waals surface area contributed by atoms with E-state index in [1.165, 1.54) is 23.5 Å². The van der Waals surface area contributed by atoms with E-state index in [1.807, 2.05) is 78.9 Å².